The minimum absolute atomic E-state index is 0.0241. The van der Waals surface area contributed by atoms with Crippen molar-refractivity contribution in [2.45, 2.75) is 20.5 Å². The van der Waals surface area contributed by atoms with E-state index in [2.05, 4.69) is 27.6 Å². The molecule has 0 saturated heterocycles. The summed E-state index contributed by atoms with van der Waals surface area (Å²) in [6.07, 6.45) is 1.57. The zero-order valence-corrected chi connectivity index (χ0v) is 22.2. The summed E-state index contributed by atoms with van der Waals surface area (Å²) in [6.45, 7) is 4.72. The highest BCUT2D eigenvalue weighted by Crippen LogP contribution is 2.36. The number of aliphatic imine (C=N–C) groups is 1. The van der Waals surface area contributed by atoms with Gasteiger partial charge in [-0.25, -0.2) is 9.79 Å². The van der Waals surface area contributed by atoms with Crippen molar-refractivity contribution in [2.24, 2.45) is 4.99 Å². The van der Waals surface area contributed by atoms with Gasteiger partial charge in [0.2, 0.25) is 5.90 Å². The van der Waals surface area contributed by atoms with Crippen LogP contribution in [0.4, 0.5) is 5.69 Å². The summed E-state index contributed by atoms with van der Waals surface area (Å²) in [4.78, 5) is 27.1. The number of halogens is 2. The van der Waals surface area contributed by atoms with Gasteiger partial charge in [0.25, 0.3) is 5.69 Å². The maximum atomic E-state index is 12.5. The number of ether oxygens (including phenoxy) is 3. The Kier molecular flexibility index (Phi) is 7.90. The van der Waals surface area contributed by atoms with E-state index in [1.807, 2.05) is 44.2 Å². The predicted octanol–water partition coefficient (Wildman–Crippen LogP) is 6.48. The Morgan fingerprint density at radius 3 is 2.56 bits per heavy atom. The first-order valence-electron chi connectivity index (χ1n) is 10.9. The molecule has 3 aromatic carbocycles. The summed E-state index contributed by atoms with van der Waals surface area (Å²) in [5, 5.41) is 11.0. The van der Waals surface area contributed by atoms with Crippen molar-refractivity contribution >= 4 is 57.8 Å². The van der Waals surface area contributed by atoms with Gasteiger partial charge in [-0.05, 0) is 71.8 Å². The number of benzene rings is 3. The van der Waals surface area contributed by atoms with Crippen LogP contribution in [-0.2, 0) is 16.1 Å². The number of cyclic esters (lactones) is 1. The molecule has 4 rings (SSSR count). The highest BCUT2D eigenvalue weighted by atomic mass is 127. The number of rotatable bonds is 8. The van der Waals surface area contributed by atoms with Crippen molar-refractivity contribution in [2.75, 3.05) is 6.61 Å². The molecule has 0 amide bonds. The molecule has 8 nitrogen and oxygen atoms in total. The molecular weight excluding hydrogens is 599 g/mol. The fraction of sp³-hybridized carbons (Fsp3) is 0.154. The number of nitro groups is 1. The van der Waals surface area contributed by atoms with Gasteiger partial charge in [0.1, 0.15) is 6.61 Å². The van der Waals surface area contributed by atoms with E-state index in [0.717, 1.165) is 9.13 Å². The molecule has 0 N–H and O–H groups in total. The van der Waals surface area contributed by atoms with E-state index in [1.165, 1.54) is 23.8 Å². The summed E-state index contributed by atoms with van der Waals surface area (Å²) in [6, 6.07) is 15.5. The predicted molar refractivity (Wildman–Crippen MR) is 145 cm³/mol. The van der Waals surface area contributed by atoms with E-state index in [-0.39, 0.29) is 27.9 Å². The molecule has 36 heavy (non-hydrogen) atoms. The van der Waals surface area contributed by atoms with Gasteiger partial charge in [0.15, 0.2) is 17.2 Å². The van der Waals surface area contributed by atoms with Crippen molar-refractivity contribution < 1.29 is 23.9 Å². The van der Waals surface area contributed by atoms with E-state index in [0.29, 0.717) is 30.3 Å². The zero-order valence-electron chi connectivity index (χ0n) is 19.3. The number of nitro benzene ring substituents is 1. The van der Waals surface area contributed by atoms with Crippen LogP contribution in [0.1, 0.15) is 29.2 Å². The Bertz CT molecular complexity index is 1400. The van der Waals surface area contributed by atoms with Crippen molar-refractivity contribution in [1.29, 1.82) is 0 Å². The third kappa shape index (κ3) is 5.85. The third-order valence-corrected chi connectivity index (χ3v) is 6.27. The molecular formula is C26H20ClIN2O6. The minimum atomic E-state index is -0.660. The van der Waals surface area contributed by atoms with Gasteiger partial charge in [-0.15, -0.1) is 0 Å². The van der Waals surface area contributed by atoms with Gasteiger partial charge in [0, 0.05) is 12.1 Å². The van der Waals surface area contributed by atoms with Crippen LogP contribution in [-0.4, -0.2) is 23.4 Å². The van der Waals surface area contributed by atoms with Crippen LogP contribution in [0.25, 0.3) is 6.08 Å². The maximum Gasteiger partial charge on any atom is 0.363 e. The molecule has 0 spiro atoms. The standard InChI is InChI=1S/C26H20ClIN2O6/c1-3-34-23-12-17(10-21(28)24(23)35-14-16-6-4-15(2)5-7-16)11-22-26(31)36-25(29-22)19-9-8-18(30(32)33)13-20(19)27/h4-13H,3,14H2,1-2H3/b22-11-. The molecule has 0 aromatic heterocycles. The second-order valence-corrected chi connectivity index (χ2v) is 9.36. The van der Waals surface area contributed by atoms with Gasteiger partial charge in [-0.2, -0.15) is 0 Å². The van der Waals surface area contributed by atoms with Gasteiger partial charge >= 0.3 is 5.97 Å². The van der Waals surface area contributed by atoms with Crippen LogP contribution in [0.3, 0.4) is 0 Å². The van der Waals surface area contributed by atoms with Crippen LogP contribution in [0.2, 0.25) is 5.02 Å². The molecule has 0 bridgehead atoms. The Balaban J connectivity index is 1.61. The summed E-state index contributed by atoms with van der Waals surface area (Å²) in [5.74, 6) is 0.462. The first-order valence-corrected chi connectivity index (χ1v) is 12.3. The lowest BCUT2D eigenvalue weighted by Crippen LogP contribution is -2.06. The smallest absolute Gasteiger partial charge is 0.363 e. The van der Waals surface area contributed by atoms with E-state index in [1.54, 1.807) is 12.1 Å². The van der Waals surface area contributed by atoms with E-state index in [9.17, 15) is 14.9 Å². The van der Waals surface area contributed by atoms with Crippen LogP contribution in [0, 0.1) is 20.6 Å². The van der Waals surface area contributed by atoms with Crippen LogP contribution < -0.4 is 9.47 Å². The number of esters is 1. The molecule has 10 heteroatoms. The van der Waals surface area contributed by atoms with Crippen molar-refractivity contribution in [3.05, 3.63) is 101 Å². The van der Waals surface area contributed by atoms with E-state index in [4.69, 9.17) is 25.8 Å². The van der Waals surface area contributed by atoms with Gasteiger partial charge < -0.3 is 14.2 Å². The quantitative estimate of drug-likeness (QED) is 0.0942. The van der Waals surface area contributed by atoms with E-state index >= 15 is 0 Å². The number of carbonyl (C=O) groups excluding carboxylic acids is 1. The number of aryl methyl sites for hydroxylation is 1. The number of carbonyl (C=O) groups is 1. The van der Waals surface area contributed by atoms with Crippen molar-refractivity contribution in [3.63, 3.8) is 0 Å². The molecule has 0 aliphatic carbocycles. The first-order chi connectivity index (χ1) is 17.2. The first kappa shape index (κ1) is 25.6. The summed E-state index contributed by atoms with van der Waals surface area (Å²) in [7, 11) is 0. The SMILES string of the molecule is CCOc1cc(/C=C2\N=C(c3ccc([N+](=O)[O-])cc3Cl)OC2=O)cc(I)c1OCc1ccc(C)cc1. The van der Waals surface area contributed by atoms with Crippen LogP contribution in [0.5, 0.6) is 11.5 Å². The van der Waals surface area contributed by atoms with E-state index < -0.39 is 10.9 Å². The molecule has 1 aliphatic heterocycles. The highest BCUT2D eigenvalue weighted by molar-refractivity contribution is 14.1. The lowest BCUT2D eigenvalue weighted by atomic mass is 10.1. The van der Waals surface area contributed by atoms with Gasteiger partial charge in [-0.3, -0.25) is 10.1 Å². The third-order valence-electron chi connectivity index (χ3n) is 5.15. The number of hydrogen-bond acceptors (Lipinski definition) is 7. The molecule has 1 heterocycles. The fourth-order valence-corrected chi connectivity index (χ4v) is 4.42. The molecule has 184 valence electrons. The van der Waals surface area contributed by atoms with Crippen LogP contribution in [0.15, 0.2) is 65.3 Å². The normalized spacial score (nSPS) is 13.9. The number of nitrogens with zero attached hydrogens (tertiary/aromatic N) is 2. The molecule has 0 unspecified atom stereocenters. The monoisotopic (exact) mass is 618 g/mol. The Morgan fingerprint density at radius 1 is 1.14 bits per heavy atom. The topological polar surface area (TPSA) is 100 Å². The lowest BCUT2D eigenvalue weighted by Gasteiger charge is -2.15. The molecule has 0 atom stereocenters. The van der Waals surface area contributed by atoms with Crippen molar-refractivity contribution in [3.8, 4) is 11.5 Å². The fourth-order valence-electron chi connectivity index (χ4n) is 3.39. The minimum Gasteiger partial charge on any atom is -0.490 e. The lowest BCUT2D eigenvalue weighted by molar-refractivity contribution is -0.384. The Labute approximate surface area is 225 Å². The molecule has 1 aliphatic rings. The zero-order chi connectivity index (χ0) is 25.8. The second kappa shape index (κ2) is 11.1. The Morgan fingerprint density at radius 2 is 1.89 bits per heavy atom. The van der Waals surface area contributed by atoms with Gasteiger partial charge in [0.05, 0.1) is 25.7 Å². The molecule has 0 fully saturated rings. The average molecular weight is 619 g/mol. The second-order valence-electron chi connectivity index (χ2n) is 7.79. The van der Waals surface area contributed by atoms with Crippen LogP contribution >= 0.6 is 34.2 Å². The number of non-ortho nitro benzene ring substituents is 1. The molecule has 0 saturated carbocycles. The number of hydrogen-bond donors (Lipinski definition) is 0. The van der Waals surface area contributed by atoms with Gasteiger partial charge in [-0.1, -0.05) is 41.4 Å². The Hall–Kier alpha value is -3.44. The summed E-state index contributed by atoms with van der Waals surface area (Å²) in [5.41, 5.74) is 3.04. The van der Waals surface area contributed by atoms with Crippen molar-refractivity contribution in [1.82, 2.24) is 0 Å². The average Bonchev–Trinajstić information content (AvgIpc) is 3.19. The highest BCUT2D eigenvalue weighted by Gasteiger charge is 2.27. The summed E-state index contributed by atoms with van der Waals surface area (Å²) >= 11 is 8.32. The molecule has 3 aromatic rings. The largest absolute Gasteiger partial charge is 0.490 e. The summed E-state index contributed by atoms with van der Waals surface area (Å²) < 4.78 is 18.0. The maximum absolute atomic E-state index is 12.5. The molecule has 0 radical (unpaired) electrons.